The summed E-state index contributed by atoms with van der Waals surface area (Å²) in [5.41, 5.74) is -1.43. The molecule has 0 spiro atoms. The average Bonchev–Trinajstić information content (AvgIpc) is 2.79. The van der Waals surface area contributed by atoms with E-state index in [-0.39, 0.29) is 27.2 Å². The van der Waals surface area contributed by atoms with E-state index < -0.39 is 23.5 Å². The van der Waals surface area contributed by atoms with Crippen LogP contribution >= 0.6 is 22.9 Å². The topological polar surface area (TPSA) is 39.2 Å². The fourth-order valence-corrected chi connectivity index (χ4v) is 2.74. The van der Waals surface area contributed by atoms with Gasteiger partial charge >= 0.3 is 12.1 Å². The van der Waals surface area contributed by atoms with Crippen molar-refractivity contribution in [3.63, 3.8) is 0 Å². The van der Waals surface area contributed by atoms with Gasteiger partial charge in [-0.3, -0.25) is 0 Å². The van der Waals surface area contributed by atoms with Crippen LogP contribution in [0.1, 0.15) is 23.0 Å². The number of halogens is 5. The summed E-state index contributed by atoms with van der Waals surface area (Å²) in [4.78, 5) is 15.5. The van der Waals surface area contributed by atoms with Gasteiger partial charge in [-0.05, 0) is 19.1 Å². The van der Waals surface area contributed by atoms with Crippen molar-refractivity contribution in [1.82, 2.24) is 4.98 Å². The van der Waals surface area contributed by atoms with Gasteiger partial charge in [0.15, 0.2) is 5.69 Å². The molecule has 118 valence electrons. The number of rotatable bonds is 3. The summed E-state index contributed by atoms with van der Waals surface area (Å²) in [5.74, 6) is -2.17. The smallest absolute Gasteiger partial charge is 0.419 e. The Morgan fingerprint density at radius 2 is 2.09 bits per heavy atom. The van der Waals surface area contributed by atoms with E-state index >= 15 is 0 Å². The molecule has 2 rings (SSSR count). The number of nitrogens with zero attached hydrogens (tertiary/aromatic N) is 1. The number of thiazole rings is 1. The third kappa shape index (κ3) is 3.38. The molecule has 1 heterocycles. The number of alkyl halides is 3. The van der Waals surface area contributed by atoms with Gasteiger partial charge in [0.1, 0.15) is 15.2 Å². The normalized spacial score (nSPS) is 11.5. The molecule has 0 N–H and O–H groups in total. The van der Waals surface area contributed by atoms with Gasteiger partial charge in [0, 0.05) is 5.56 Å². The highest BCUT2D eigenvalue weighted by Gasteiger charge is 2.34. The van der Waals surface area contributed by atoms with Crippen LogP contribution < -0.4 is 0 Å². The van der Waals surface area contributed by atoms with Gasteiger partial charge in [0.05, 0.1) is 12.2 Å². The van der Waals surface area contributed by atoms with Gasteiger partial charge in [0.2, 0.25) is 0 Å². The van der Waals surface area contributed by atoms with Gasteiger partial charge in [0.25, 0.3) is 0 Å². The highest BCUT2D eigenvalue weighted by Crippen LogP contribution is 2.36. The van der Waals surface area contributed by atoms with E-state index in [4.69, 9.17) is 16.3 Å². The molecule has 1 aromatic heterocycles. The molecule has 22 heavy (non-hydrogen) atoms. The molecule has 1 aromatic carbocycles. The first-order chi connectivity index (χ1) is 10.2. The Bertz CT molecular complexity index is 715. The molecular formula is C13H8ClF4NO2S. The van der Waals surface area contributed by atoms with Crippen molar-refractivity contribution in [3.8, 4) is 10.6 Å². The fraction of sp³-hybridized carbons (Fsp3) is 0.231. The van der Waals surface area contributed by atoms with Crippen molar-refractivity contribution in [2.45, 2.75) is 13.1 Å². The largest absolute Gasteiger partial charge is 0.461 e. The van der Waals surface area contributed by atoms with Crippen LogP contribution in [-0.4, -0.2) is 17.6 Å². The lowest BCUT2D eigenvalue weighted by Gasteiger charge is -2.08. The molecule has 3 nitrogen and oxygen atoms in total. The third-order valence-electron chi connectivity index (χ3n) is 2.58. The molecule has 0 unspecified atom stereocenters. The van der Waals surface area contributed by atoms with Crippen LogP contribution in [0, 0.1) is 5.82 Å². The Morgan fingerprint density at radius 3 is 2.64 bits per heavy atom. The molecule has 2 aromatic rings. The summed E-state index contributed by atoms with van der Waals surface area (Å²) in [6.45, 7) is 1.72. The van der Waals surface area contributed by atoms with Crippen molar-refractivity contribution in [2.75, 3.05) is 6.61 Å². The maximum Gasteiger partial charge on any atom is 0.419 e. The summed E-state index contributed by atoms with van der Waals surface area (Å²) in [5, 5.41) is 0.126. The van der Waals surface area contributed by atoms with E-state index in [1.807, 2.05) is 0 Å². The molecule has 0 amide bonds. The van der Waals surface area contributed by atoms with Crippen molar-refractivity contribution < 1.29 is 27.1 Å². The van der Waals surface area contributed by atoms with Gasteiger partial charge in [-0.25, -0.2) is 14.2 Å². The number of hydrogen-bond acceptors (Lipinski definition) is 4. The van der Waals surface area contributed by atoms with E-state index in [1.54, 1.807) is 6.92 Å². The van der Waals surface area contributed by atoms with Crippen LogP contribution in [0.5, 0.6) is 0 Å². The van der Waals surface area contributed by atoms with Crippen molar-refractivity contribution >= 4 is 28.9 Å². The Kier molecular flexibility index (Phi) is 4.72. The number of carbonyl (C=O) groups excluding carboxylic acids is 1. The molecule has 9 heteroatoms. The van der Waals surface area contributed by atoms with Gasteiger partial charge in [-0.15, -0.1) is 11.3 Å². The first-order valence-electron chi connectivity index (χ1n) is 5.94. The second-order valence-electron chi connectivity index (χ2n) is 4.05. The van der Waals surface area contributed by atoms with Gasteiger partial charge in [-0.1, -0.05) is 17.7 Å². The number of benzene rings is 1. The minimum atomic E-state index is -4.78. The molecule has 0 aliphatic carbocycles. The number of esters is 1. The highest BCUT2D eigenvalue weighted by molar-refractivity contribution is 7.19. The van der Waals surface area contributed by atoms with Crippen molar-refractivity contribution in [2.24, 2.45) is 0 Å². The monoisotopic (exact) mass is 353 g/mol. The fourth-order valence-electron chi connectivity index (χ4n) is 1.63. The van der Waals surface area contributed by atoms with E-state index in [9.17, 15) is 22.4 Å². The third-order valence-corrected chi connectivity index (χ3v) is 3.88. The van der Waals surface area contributed by atoms with E-state index in [2.05, 4.69) is 4.98 Å². The number of hydrogen-bond donors (Lipinski definition) is 0. The standard InChI is InChI=1S/C13H8ClF4NO2S/c1-2-21-12(20)9-10(14)22-11(19-9)6-3-4-7(8(15)5-6)13(16,17)18/h3-5H,2H2,1H3. The van der Waals surface area contributed by atoms with Crippen molar-refractivity contribution in [1.29, 1.82) is 0 Å². The Morgan fingerprint density at radius 1 is 1.41 bits per heavy atom. The van der Waals surface area contributed by atoms with Crippen LogP contribution in [-0.2, 0) is 10.9 Å². The molecule has 0 aliphatic rings. The van der Waals surface area contributed by atoms with E-state index in [0.717, 1.165) is 17.4 Å². The predicted molar refractivity (Wildman–Crippen MR) is 73.5 cm³/mol. The lowest BCUT2D eigenvalue weighted by molar-refractivity contribution is -0.139. The molecule has 0 radical (unpaired) electrons. The maximum atomic E-state index is 13.6. The van der Waals surface area contributed by atoms with Crippen LogP contribution in [0.15, 0.2) is 18.2 Å². The van der Waals surface area contributed by atoms with Crippen LogP contribution in [0.2, 0.25) is 4.34 Å². The molecule has 0 atom stereocenters. The maximum absolute atomic E-state index is 13.6. The average molecular weight is 354 g/mol. The predicted octanol–water partition coefficient (Wildman–Crippen LogP) is 4.80. The zero-order chi connectivity index (χ0) is 16.5. The number of aromatic nitrogens is 1. The minimum absolute atomic E-state index is 0.0220. The quantitative estimate of drug-likeness (QED) is 0.588. The van der Waals surface area contributed by atoms with Crippen LogP contribution in [0.25, 0.3) is 10.6 Å². The summed E-state index contributed by atoms with van der Waals surface area (Å²) >= 11 is 6.70. The molecule has 0 aliphatic heterocycles. The van der Waals surface area contributed by atoms with E-state index in [1.165, 1.54) is 0 Å². The first kappa shape index (κ1) is 16.7. The van der Waals surface area contributed by atoms with E-state index in [0.29, 0.717) is 12.1 Å². The second-order valence-corrected chi connectivity index (χ2v) is 5.66. The molecule has 0 saturated carbocycles. The zero-order valence-corrected chi connectivity index (χ0v) is 12.6. The Labute approximate surface area is 131 Å². The summed E-state index contributed by atoms with van der Waals surface area (Å²) in [6.07, 6.45) is -4.78. The Balaban J connectivity index is 2.39. The Hall–Kier alpha value is -1.67. The molecule has 0 fully saturated rings. The highest BCUT2D eigenvalue weighted by atomic mass is 35.5. The number of ether oxygens (including phenoxy) is 1. The summed E-state index contributed by atoms with van der Waals surface area (Å²) < 4.78 is 55.8. The van der Waals surface area contributed by atoms with Crippen molar-refractivity contribution in [3.05, 3.63) is 39.6 Å². The summed E-state index contributed by atoms with van der Waals surface area (Å²) in [7, 11) is 0. The number of carbonyl (C=O) groups is 1. The molecule has 0 saturated heterocycles. The lowest BCUT2D eigenvalue weighted by Crippen LogP contribution is -2.08. The van der Waals surface area contributed by atoms with Gasteiger partial charge < -0.3 is 4.74 Å². The first-order valence-corrected chi connectivity index (χ1v) is 7.14. The SMILES string of the molecule is CCOC(=O)c1nc(-c2ccc(C(F)(F)F)c(F)c2)sc1Cl. The van der Waals surface area contributed by atoms with Gasteiger partial charge in [-0.2, -0.15) is 13.2 Å². The minimum Gasteiger partial charge on any atom is -0.461 e. The second kappa shape index (κ2) is 6.21. The van der Waals surface area contributed by atoms with Crippen LogP contribution in [0.3, 0.4) is 0 Å². The zero-order valence-electron chi connectivity index (χ0n) is 11.0. The molecule has 0 bridgehead atoms. The molecular weight excluding hydrogens is 346 g/mol. The summed E-state index contributed by atoms with van der Waals surface area (Å²) in [6, 6.07) is 2.38. The lowest BCUT2D eigenvalue weighted by atomic mass is 10.1. The van der Waals surface area contributed by atoms with Crippen LogP contribution in [0.4, 0.5) is 17.6 Å².